The number of carbonyl (C=O) groups excluding carboxylic acids is 1. The highest BCUT2D eigenvalue weighted by atomic mass is 19.4. The van der Waals surface area contributed by atoms with Gasteiger partial charge < -0.3 is 4.74 Å². The van der Waals surface area contributed by atoms with E-state index in [0.717, 1.165) is 0 Å². The molecule has 8 heteroatoms. The fourth-order valence-electron chi connectivity index (χ4n) is 0.707. The maximum Gasteiger partial charge on any atom is 0.389 e. The van der Waals surface area contributed by atoms with E-state index < -0.39 is 49.9 Å². The third kappa shape index (κ3) is 6.31. The fraction of sp³-hybridized carbons (Fsp3) is 0.625. The Kier molecular flexibility index (Phi) is 5.91. The Morgan fingerprint density at radius 2 is 1.75 bits per heavy atom. The van der Waals surface area contributed by atoms with E-state index in [9.17, 15) is 31.1 Å². The van der Waals surface area contributed by atoms with Gasteiger partial charge in [-0.2, -0.15) is 22.0 Å². The normalized spacial score (nSPS) is 11.1. The SMILES string of the molecule is O=C(OCCCC(F)(F)F)C(CF)=C(F)F. The summed E-state index contributed by atoms with van der Waals surface area (Å²) in [5.41, 5.74) is -1.47. The molecule has 0 bridgehead atoms. The van der Waals surface area contributed by atoms with Crippen LogP contribution in [-0.2, 0) is 9.53 Å². The molecule has 0 radical (unpaired) electrons. The fourth-order valence-corrected chi connectivity index (χ4v) is 0.707. The van der Waals surface area contributed by atoms with E-state index in [2.05, 4.69) is 4.74 Å². The summed E-state index contributed by atoms with van der Waals surface area (Å²) < 4.78 is 74.3. The molecule has 0 unspecified atom stereocenters. The molecule has 0 aliphatic heterocycles. The third-order valence-electron chi connectivity index (χ3n) is 1.45. The standard InChI is InChI=1S/C8H8F6O2/c9-4-5(6(10)11)7(15)16-3-1-2-8(12,13)14/h1-4H2. The molecular formula is C8H8F6O2. The number of halogens is 6. The Morgan fingerprint density at radius 3 is 2.12 bits per heavy atom. The zero-order chi connectivity index (χ0) is 12.8. The number of ether oxygens (including phenoxy) is 1. The maximum atomic E-state index is 11.8. The first-order valence-electron chi connectivity index (χ1n) is 4.12. The highest BCUT2D eigenvalue weighted by molar-refractivity contribution is 5.88. The van der Waals surface area contributed by atoms with Crippen molar-refractivity contribution < 1.29 is 35.9 Å². The van der Waals surface area contributed by atoms with Crippen molar-refractivity contribution in [2.75, 3.05) is 13.3 Å². The van der Waals surface area contributed by atoms with Crippen molar-refractivity contribution in [3.63, 3.8) is 0 Å². The molecule has 0 saturated heterocycles. The van der Waals surface area contributed by atoms with Gasteiger partial charge in [0.05, 0.1) is 6.61 Å². The molecule has 0 spiro atoms. The second-order valence-corrected chi connectivity index (χ2v) is 2.73. The minimum atomic E-state index is -4.41. The summed E-state index contributed by atoms with van der Waals surface area (Å²) in [5.74, 6) is -1.63. The molecule has 94 valence electrons. The summed E-state index contributed by atoms with van der Waals surface area (Å²) in [7, 11) is 0. The monoisotopic (exact) mass is 250 g/mol. The number of carbonyl (C=O) groups is 1. The molecule has 0 aromatic heterocycles. The van der Waals surface area contributed by atoms with Crippen LogP contribution in [0.3, 0.4) is 0 Å². The topological polar surface area (TPSA) is 26.3 Å². The average Bonchev–Trinajstić information content (AvgIpc) is 2.11. The van der Waals surface area contributed by atoms with E-state index in [1.54, 1.807) is 0 Å². The van der Waals surface area contributed by atoms with Crippen LogP contribution in [0.2, 0.25) is 0 Å². The van der Waals surface area contributed by atoms with Crippen LogP contribution in [-0.4, -0.2) is 25.4 Å². The van der Waals surface area contributed by atoms with Crippen LogP contribution in [0.1, 0.15) is 12.8 Å². The molecule has 2 nitrogen and oxygen atoms in total. The molecule has 0 rings (SSSR count). The lowest BCUT2D eigenvalue weighted by Crippen LogP contribution is -2.14. The first-order valence-corrected chi connectivity index (χ1v) is 4.12. The van der Waals surface area contributed by atoms with Gasteiger partial charge in [0.15, 0.2) is 0 Å². The van der Waals surface area contributed by atoms with Crippen molar-refractivity contribution in [2.24, 2.45) is 0 Å². The first kappa shape index (κ1) is 14.8. The van der Waals surface area contributed by atoms with Crippen LogP contribution in [0.15, 0.2) is 11.7 Å². The maximum absolute atomic E-state index is 11.8. The smallest absolute Gasteiger partial charge is 0.389 e. The lowest BCUT2D eigenvalue weighted by atomic mass is 10.3. The molecule has 0 fully saturated rings. The number of hydrogen-bond donors (Lipinski definition) is 0. The van der Waals surface area contributed by atoms with E-state index in [1.165, 1.54) is 0 Å². The van der Waals surface area contributed by atoms with Gasteiger partial charge in [0.2, 0.25) is 0 Å². The minimum Gasteiger partial charge on any atom is -0.462 e. The average molecular weight is 250 g/mol. The predicted octanol–water partition coefficient (Wildman–Crippen LogP) is 2.99. The molecule has 0 amide bonds. The number of alkyl halides is 4. The third-order valence-corrected chi connectivity index (χ3v) is 1.45. The Hall–Kier alpha value is -1.21. The van der Waals surface area contributed by atoms with Gasteiger partial charge in [-0.15, -0.1) is 0 Å². The number of esters is 1. The van der Waals surface area contributed by atoms with E-state index in [1.807, 2.05) is 0 Å². The molecule has 0 N–H and O–H groups in total. The highest BCUT2D eigenvalue weighted by Crippen LogP contribution is 2.21. The van der Waals surface area contributed by atoms with Crippen molar-refractivity contribution in [3.05, 3.63) is 11.7 Å². The molecule has 0 atom stereocenters. The van der Waals surface area contributed by atoms with Gasteiger partial charge in [0, 0.05) is 6.42 Å². The van der Waals surface area contributed by atoms with E-state index in [0.29, 0.717) is 0 Å². The molecule has 0 aromatic carbocycles. The van der Waals surface area contributed by atoms with Gasteiger partial charge in [-0.1, -0.05) is 0 Å². The second-order valence-electron chi connectivity index (χ2n) is 2.73. The van der Waals surface area contributed by atoms with Crippen LogP contribution in [0.5, 0.6) is 0 Å². The van der Waals surface area contributed by atoms with Crippen LogP contribution >= 0.6 is 0 Å². The first-order chi connectivity index (χ1) is 7.28. The lowest BCUT2D eigenvalue weighted by molar-refractivity contribution is -0.147. The van der Waals surface area contributed by atoms with Crippen molar-refractivity contribution in [3.8, 4) is 0 Å². The van der Waals surface area contributed by atoms with Crippen molar-refractivity contribution in [1.29, 1.82) is 0 Å². The summed E-state index contributed by atoms with van der Waals surface area (Å²) in [4.78, 5) is 10.7. The summed E-state index contributed by atoms with van der Waals surface area (Å²) >= 11 is 0. The van der Waals surface area contributed by atoms with Gasteiger partial charge in [-0.25, -0.2) is 9.18 Å². The minimum absolute atomic E-state index is 0.553. The molecular weight excluding hydrogens is 242 g/mol. The van der Waals surface area contributed by atoms with Crippen molar-refractivity contribution in [1.82, 2.24) is 0 Å². The zero-order valence-corrected chi connectivity index (χ0v) is 7.91. The molecule has 0 aromatic rings. The summed E-state index contributed by atoms with van der Waals surface area (Å²) in [6, 6.07) is 0. The Bertz CT molecular complexity index is 266. The van der Waals surface area contributed by atoms with E-state index in [4.69, 9.17) is 0 Å². The van der Waals surface area contributed by atoms with Crippen molar-refractivity contribution in [2.45, 2.75) is 19.0 Å². The molecule has 0 heterocycles. The summed E-state index contributed by atoms with van der Waals surface area (Å²) in [6.07, 6.45) is -8.70. The Morgan fingerprint density at radius 1 is 1.19 bits per heavy atom. The van der Waals surface area contributed by atoms with Gasteiger partial charge in [0.1, 0.15) is 12.2 Å². The highest BCUT2D eigenvalue weighted by Gasteiger charge is 2.26. The Balaban J connectivity index is 3.96. The van der Waals surface area contributed by atoms with Crippen LogP contribution in [0.4, 0.5) is 26.3 Å². The number of rotatable bonds is 5. The van der Waals surface area contributed by atoms with Gasteiger partial charge in [0.25, 0.3) is 6.08 Å². The molecule has 16 heavy (non-hydrogen) atoms. The summed E-state index contributed by atoms with van der Waals surface area (Å²) in [6.45, 7) is -2.41. The van der Waals surface area contributed by atoms with E-state index >= 15 is 0 Å². The molecule has 0 aliphatic rings. The van der Waals surface area contributed by atoms with Gasteiger partial charge in [-0.05, 0) is 6.42 Å². The Labute approximate surface area is 86.9 Å². The van der Waals surface area contributed by atoms with Crippen LogP contribution < -0.4 is 0 Å². The summed E-state index contributed by atoms with van der Waals surface area (Å²) in [5, 5.41) is 0. The van der Waals surface area contributed by atoms with Gasteiger partial charge >= 0.3 is 12.1 Å². The van der Waals surface area contributed by atoms with Gasteiger partial charge in [-0.3, -0.25) is 0 Å². The molecule has 0 aliphatic carbocycles. The van der Waals surface area contributed by atoms with Crippen LogP contribution in [0, 0.1) is 0 Å². The van der Waals surface area contributed by atoms with Crippen LogP contribution in [0.25, 0.3) is 0 Å². The van der Waals surface area contributed by atoms with E-state index in [-0.39, 0.29) is 0 Å². The predicted molar refractivity (Wildman–Crippen MR) is 41.5 cm³/mol. The number of hydrogen-bond acceptors (Lipinski definition) is 2. The quantitative estimate of drug-likeness (QED) is 0.324. The molecule has 0 saturated carbocycles. The van der Waals surface area contributed by atoms with Crippen molar-refractivity contribution >= 4 is 5.97 Å². The lowest BCUT2D eigenvalue weighted by Gasteiger charge is -2.07. The largest absolute Gasteiger partial charge is 0.462 e. The second kappa shape index (κ2) is 6.39. The zero-order valence-electron chi connectivity index (χ0n) is 7.91.